The van der Waals surface area contributed by atoms with Gasteiger partial charge in [0.1, 0.15) is 0 Å². The third kappa shape index (κ3) is 3.60. The van der Waals surface area contributed by atoms with E-state index in [0.717, 1.165) is 48.9 Å². The van der Waals surface area contributed by atoms with Crippen LogP contribution in [0.4, 0.5) is 0 Å². The number of rotatable bonds is 8. The normalized spacial score (nSPS) is 24.5. The van der Waals surface area contributed by atoms with Crippen molar-refractivity contribution >= 4 is 16.8 Å². The quantitative estimate of drug-likeness (QED) is 0.726. The van der Waals surface area contributed by atoms with E-state index < -0.39 is 0 Å². The number of piperidine rings is 1. The molecule has 2 aromatic rings. The number of benzene rings is 1. The van der Waals surface area contributed by atoms with Crippen LogP contribution in [0.15, 0.2) is 24.3 Å². The number of hydrogen-bond donors (Lipinski definition) is 1. The van der Waals surface area contributed by atoms with Gasteiger partial charge in [-0.2, -0.15) is 5.10 Å². The van der Waals surface area contributed by atoms with Crippen LogP contribution in [-0.4, -0.2) is 60.5 Å². The number of methoxy groups -OCH3 is 1. The Kier molecular flexibility index (Phi) is 5.19. The Labute approximate surface area is 160 Å². The SMILES string of the molecule is COCCCN1CC2C(CNC(=O)c3nn(C(C)C)c4ccccc34)C2C1. The zero-order chi connectivity index (χ0) is 19.0. The van der Waals surface area contributed by atoms with Crippen molar-refractivity contribution in [1.29, 1.82) is 0 Å². The number of ether oxygens (including phenoxy) is 1. The first kappa shape index (κ1) is 18.4. The highest BCUT2D eigenvalue weighted by molar-refractivity contribution is 6.04. The second-order valence-electron chi connectivity index (χ2n) is 8.21. The van der Waals surface area contributed by atoms with Gasteiger partial charge in [-0.1, -0.05) is 18.2 Å². The van der Waals surface area contributed by atoms with Gasteiger partial charge in [-0.05, 0) is 44.1 Å². The van der Waals surface area contributed by atoms with Crippen LogP contribution in [0.5, 0.6) is 0 Å². The lowest BCUT2D eigenvalue weighted by Gasteiger charge is -2.19. The Morgan fingerprint density at radius 2 is 2.04 bits per heavy atom. The van der Waals surface area contributed by atoms with Crippen LogP contribution >= 0.6 is 0 Å². The highest BCUT2D eigenvalue weighted by Crippen LogP contribution is 2.51. The minimum Gasteiger partial charge on any atom is -0.385 e. The number of carbonyl (C=O) groups is 1. The summed E-state index contributed by atoms with van der Waals surface area (Å²) in [5, 5.41) is 8.68. The lowest BCUT2D eigenvalue weighted by molar-refractivity contribution is 0.0944. The number of amides is 1. The number of aromatic nitrogens is 2. The smallest absolute Gasteiger partial charge is 0.272 e. The third-order valence-corrected chi connectivity index (χ3v) is 6.09. The molecule has 1 N–H and O–H groups in total. The molecule has 1 aliphatic heterocycles. The van der Waals surface area contributed by atoms with Gasteiger partial charge in [-0.3, -0.25) is 9.48 Å². The molecular formula is C21H30N4O2. The van der Waals surface area contributed by atoms with Crippen molar-refractivity contribution in [3.05, 3.63) is 30.0 Å². The minimum absolute atomic E-state index is 0.0486. The second kappa shape index (κ2) is 7.60. The summed E-state index contributed by atoms with van der Waals surface area (Å²) in [6, 6.07) is 8.20. The molecule has 1 aromatic carbocycles. The van der Waals surface area contributed by atoms with Gasteiger partial charge >= 0.3 is 0 Å². The molecule has 2 atom stereocenters. The number of nitrogens with zero attached hydrogens (tertiary/aromatic N) is 3. The predicted octanol–water partition coefficient (Wildman–Crippen LogP) is 2.56. The molecule has 27 heavy (non-hydrogen) atoms. The maximum Gasteiger partial charge on any atom is 0.272 e. The van der Waals surface area contributed by atoms with E-state index in [9.17, 15) is 4.79 Å². The molecule has 146 valence electrons. The average molecular weight is 370 g/mol. The largest absolute Gasteiger partial charge is 0.385 e. The Morgan fingerprint density at radius 3 is 2.74 bits per heavy atom. The van der Waals surface area contributed by atoms with Crippen LogP contribution in [0.2, 0.25) is 0 Å². The Hall–Kier alpha value is -1.92. The molecular weight excluding hydrogens is 340 g/mol. The maximum atomic E-state index is 12.8. The summed E-state index contributed by atoms with van der Waals surface area (Å²) in [7, 11) is 1.76. The summed E-state index contributed by atoms with van der Waals surface area (Å²) in [5.41, 5.74) is 1.57. The van der Waals surface area contributed by atoms with Gasteiger partial charge in [0.15, 0.2) is 5.69 Å². The zero-order valence-corrected chi connectivity index (χ0v) is 16.5. The van der Waals surface area contributed by atoms with Crippen molar-refractivity contribution in [2.75, 3.05) is 39.9 Å². The van der Waals surface area contributed by atoms with E-state index in [4.69, 9.17) is 4.74 Å². The van der Waals surface area contributed by atoms with Crippen LogP contribution in [0, 0.1) is 17.8 Å². The first-order valence-electron chi connectivity index (χ1n) is 10.1. The van der Waals surface area contributed by atoms with Crippen molar-refractivity contribution < 1.29 is 9.53 Å². The highest BCUT2D eigenvalue weighted by atomic mass is 16.5. The minimum atomic E-state index is -0.0486. The lowest BCUT2D eigenvalue weighted by Crippen LogP contribution is -2.31. The fraction of sp³-hybridized carbons (Fsp3) is 0.619. The number of fused-ring (bicyclic) bond motifs is 2. The highest BCUT2D eigenvalue weighted by Gasteiger charge is 2.54. The lowest BCUT2D eigenvalue weighted by atomic mass is 10.2. The summed E-state index contributed by atoms with van der Waals surface area (Å²) >= 11 is 0. The van der Waals surface area contributed by atoms with Crippen molar-refractivity contribution in [3.63, 3.8) is 0 Å². The van der Waals surface area contributed by atoms with E-state index >= 15 is 0 Å². The fourth-order valence-electron chi connectivity index (χ4n) is 4.60. The standard InChI is InChI=1S/C21H30N4O2/c1-14(2)25-19-8-5-4-7-15(19)20(23-25)21(26)22-11-16-17-12-24(13-18(16)17)9-6-10-27-3/h4-5,7-8,14,16-18H,6,9-13H2,1-3H3,(H,22,26). The molecule has 1 saturated carbocycles. The van der Waals surface area contributed by atoms with E-state index in [1.165, 1.54) is 13.1 Å². The van der Waals surface area contributed by atoms with Crippen LogP contribution in [0.1, 0.15) is 36.8 Å². The van der Waals surface area contributed by atoms with Crippen LogP contribution in [-0.2, 0) is 4.74 Å². The van der Waals surface area contributed by atoms with E-state index in [1.54, 1.807) is 7.11 Å². The van der Waals surface area contributed by atoms with Gasteiger partial charge in [-0.15, -0.1) is 0 Å². The molecule has 2 unspecified atom stereocenters. The van der Waals surface area contributed by atoms with Crippen LogP contribution < -0.4 is 5.32 Å². The summed E-state index contributed by atoms with van der Waals surface area (Å²) in [6.07, 6.45) is 1.10. The molecule has 2 fully saturated rings. The van der Waals surface area contributed by atoms with Gasteiger partial charge in [0.2, 0.25) is 0 Å². The molecule has 1 saturated heterocycles. The zero-order valence-electron chi connectivity index (χ0n) is 16.5. The van der Waals surface area contributed by atoms with Gasteiger partial charge in [0.25, 0.3) is 5.91 Å². The average Bonchev–Trinajstić information content (AvgIpc) is 3.00. The number of hydrogen-bond acceptors (Lipinski definition) is 4. The van der Waals surface area contributed by atoms with E-state index in [0.29, 0.717) is 11.6 Å². The molecule has 4 rings (SSSR count). The van der Waals surface area contributed by atoms with Crippen LogP contribution in [0.3, 0.4) is 0 Å². The summed E-state index contributed by atoms with van der Waals surface area (Å²) in [5.74, 6) is 2.08. The number of carbonyl (C=O) groups excluding carboxylic acids is 1. The summed E-state index contributed by atoms with van der Waals surface area (Å²) < 4.78 is 7.07. The Balaban J connectivity index is 1.32. The first-order valence-corrected chi connectivity index (χ1v) is 10.1. The topological polar surface area (TPSA) is 59.4 Å². The first-order chi connectivity index (χ1) is 13.1. The monoisotopic (exact) mass is 370 g/mol. The molecule has 2 aliphatic rings. The fourth-order valence-corrected chi connectivity index (χ4v) is 4.60. The maximum absolute atomic E-state index is 12.8. The predicted molar refractivity (Wildman–Crippen MR) is 106 cm³/mol. The molecule has 1 amide bonds. The molecule has 0 spiro atoms. The molecule has 0 bridgehead atoms. The summed E-state index contributed by atoms with van der Waals surface area (Å²) in [6.45, 7) is 9.24. The van der Waals surface area contributed by atoms with Crippen molar-refractivity contribution in [3.8, 4) is 0 Å². The van der Waals surface area contributed by atoms with Crippen molar-refractivity contribution in [2.24, 2.45) is 17.8 Å². The van der Waals surface area contributed by atoms with Crippen molar-refractivity contribution in [1.82, 2.24) is 20.0 Å². The molecule has 2 heterocycles. The Bertz CT molecular complexity index is 804. The number of para-hydroxylation sites is 1. The Morgan fingerprint density at radius 1 is 1.30 bits per heavy atom. The molecule has 6 heteroatoms. The van der Waals surface area contributed by atoms with Gasteiger partial charge in [0, 0.05) is 51.3 Å². The van der Waals surface area contributed by atoms with E-state index in [-0.39, 0.29) is 11.9 Å². The number of likely N-dealkylation sites (tertiary alicyclic amines) is 1. The van der Waals surface area contributed by atoms with E-state index in [2.05, 4.69) is 29.2 Å². The van der Waals surface area contributed by atoms with Crippen molar-refractivity contribution in [2.45, 2.75) is 26.3 Å². The molecule has 1 aliphatic carbocycles. The van der Waals surface area contributed by atoms with Crippen LogP contribution in [0.25, 0.3) is 10.9 Å². The number of nitrogens with one attached hydrogen (secondary N) is 1. The third-order valence-electron chi connectivity index (χ3n) is 6.09. The summed E-state index contributed by atoms with van der Waals surface area (Å²) in [4.78, 5) is 15.3. The molecule has 6 nitrogen and oxygen atoms in total. The van der Waals surface area contributed by atoms with Gasteiger partial charge in [-0.25, -0.2) is 0 Å². The molecule has 1 aromatic heterocycles. The molecule has 0 radical (unpaired) electrons. The van der Waals surface area contributed by atoms with Gasteiger partial charge < -0.3 is 15.0 Å². The van der Waals surface area contributed by atoms with Gasteiger partial charge in [0.05, 0.1) is 5.52 Å². The van der Waals surface area contributed by atoms with E-state index in [1.807, 2.05) is 28.9 Å². The second-order valence-corrected chi connectivity index (χ2v) is 8.21.